The fourth-order valence-corrected chi connectivity index (χ4v) is 2.66. The Bertz CT molecular complexity index is 337. The van der Waals surface area contributed by atoms with Gasteiger partial charge in [-0.1, -0.05) is 39.0 Å². The van der Waals surface area contributed by atoms with E-state index in [0.29, 0.717) is 12.3 Å². The minimum Gasteiger partial charge on any atom is -0.367 e. The maximum atomic E-state index is 11.8. The number of nitrogens with one attached hydrogen (secondary N) is 1. The maximum absolute atomic E-state index is 11.8. The Kier molecular flexibility index (Phi) is 5.79. The molecule has 0 heterocycles. The molecule has 0 aromatic heterocycles. The van der Waals surface area contributed by atoms with E-state index < -0.39 is 17.9 Å². The van der Waals surface area contributed by atoms with Gasteiger partial charge in [0.05, 0.1) is 0 Å². The van der Waals surface area contributed by atoms with Gasteiger partial charge in [-0.15, -0.1) is 0 Å². The molecule has 0 aromatic rings. The van der Waals surface area contributed by atoms with Crippen LogP contribution < -0.4 is 16.8 Å². The van der Waals surface area contributed by atoms with E-state index in [2.05, 4.69) is 5.32 Å². The summed E-state index contributed by atoms with van der Waals surface area (Å²) in [4.78, 5) is 33.7. The SMILES string of the molecule is C[C@@H](CC(=O)NC(C(N)=O)C(N)=O)C1CCCCC1. The number of hydrogen-bond donors (Lipinski definition) is 3. The van der Waals surface area contributed by atoms with Gasteiger partial charge in [-0.05, 0) is 11.8 Å². The number of carbonyl (C=O) groups excluding carboxylic acids is 3. The predicted molar refractivity (Wildman–Crippen MR) is 70.7 cm³/mol. The van der Waals surface area contributed by atoms with E-state index in [1.54, 1.807) is 0 Å². The Morgan fingerprint density at radius 2 is 1.63 bits per heavy atom. The molecule has 0 aromatic carbocycles. The number of hydrogen-bond acceptors (Lipinski definition) is 3. The molecule has 0 unspecified atom stereocenters. The van der Waals surface area contributed by atoms with Gasteiger partial charge in [0.1, 0.15) is 0 Å². The Morgan fingerprint density at radius 3 is 2.11 bits per heavy atom. The van der Waals surface area contributed by atoms with Crippen molar-refractivity contribution in [2.24, 2.45) is 23.3 Å². The van der Waals surface area contributed by atoms with Gasteiger partial charge < -0.3 is 16.8 Å². The fourth-order valence-electron chi connectivity index (χ4n) is 2.66. The van der Waals surface area contributed by atoms with E-state index >= 15 is 0 Å². The van der Waals surface area contributed by atoms with Crippen molar-refractivity contribution in [2.45, 2.75) is 51.5 Å². The number of rotatable bonds is 6. The summed E-state index contributed by atoms with van der Waals surface area (Å²) in [5, 5.41) is 2.30. The van der Waals surface area contributed by atoms with Gasteiger partial charge in [0.2, 0.25) is 17.7 Å². The molecule has 1 saturated carbocycles. The van der Waals surface area contributed by atoms with E-state index in [0.717, 1.165) is 12.8 Å². The normalized spacial score (nSPS) is 18.0. The van der Waals surface area contributed by atoms with E-state index in [9.17, 15) is 14.4 Å². The first-order valence-electron chi connectivity index (χ1n) is 6.79. The second-order valence-corrected chi connectivity index (χ2v) is 5.38. The summed E-state index contributed by atoms with van der Waals surface area (Å²) in [7, 11) is 0. The monoisotopic (exact) mass is 269 g/mol. The molecule has 6 nitrogen and oxygen atoms in total. The third kappa shape index (κ3) is 4.89. The molecule has 1 atom stereocenters. The molecule has 0 spiro atoms. The van der Waals surface area contributed by atoms with Crippen molar-refractivity contribution in [3.8, 4) is 0 Å². The van der Waals surface area contributed by atoms with E-state index in [1.165, 1.54) is 19.3 Å². The van der Waals surface area contributed by atoms with Crippen molar-refractivity contribution in [3.63, 3.8) is 0 Å². The largest absolute Gasteiger partial charge is 0.367 e. The van der Waals surface area contributed by atoms with Crippen LogP contribution in [0.2, 0.25) is 0 Å². The van der Waals surface area contributed by atoms with E-state index in [-0.39, 0.29) is 11.8 Å². The van der Waals surface area contributed by atoms with E-state index in [4.69, 9.17) is 11.5 Å². The molecule has 6 heteroatoms. The van der Waals surface area contributed by atoms with Crippen LogP contribution in [0, 0.1) is 11.8 Å². The lowest BCUT2D eigenvalue weighted by Gasteiger charge is -2.27. The third-order valence-electron chi connectivity index (χ3n) is 3.84. The summed E-state index contributed by atoms with van der Waals surface area (Å²) in [6, 6.07) is -1.41. The summed E-state index contributed by atoms with van der Waals surface area (Å²) in [6.45, 7) is 2.03. The fraction of sp³-hybridized carbons (Fsp3) is 0.769. The molecule has 0 aliphatic heterocycles. The minimum atomic E-state index is -1.41. The van der Waals surface area contributed by atoms with Crippen LogP contribution in [0.4, 0.5) is 0 Å². The molecule has 0 bridgehead atoms. The van der Waals surface area contributed by atoms with Crippen molar-refractivity contribution < 1.29 is 14.4 Å². The van der Waals surface area contributed by atoms with E-state index in [1.807, 2.05) is 6.92 Å². The quantitative estimate of drug-likeness (QED) is 0.591. The Morgan fingerprint density at radius 1 is 1.11 bits per heavy atom. The zero-order valence-electron chi connectivity index (χ0n) is 11.4. The molecular weight excluding hydrogens is 246 g/mol. The zero-order chi connectivity index (χ0) is 14.4. The lowest BCUT2D eigenvalue weighted by Crippen LogP contribution is -2.52. The lowest BCUT2D eigenvalue weighted by atomic mass is 9.79. The van der Waals surface area contributed by atoms with Crippen LogP contribution in [0.25, 0.3) is 0 Å². The second-order valence-electron chi connectivity index (χ2n) is 5.38. The number of nitrogens with two attached hydrogens (primary N) is 2. The average Bonchev–Trinajstić information content (AvgIpc) is 2.36. The smallest absolute Gasteiger partial charge is 0.249 e. The highest BCUT2D eigenvalue weighted by atomic mass is 16.2. The molecule has 19 heavy (non-hydrogen) atoms. The highest BCUT2D eigenvalue weighted by Crippen LogP contribution is 2.31. The maximum Gasteiger partial charge on any atom is 0.249 e. The van der Waals surface area contributed by atoms with Gasteiger partial charge in [-0.25, -0.2) is 0 Å². The summed E-state index contributed by atoms with van der Waals surface area (Å²) in [5.74, 6) is -1.42. The Balaban J connectivity index is 2.45. The van der Waals surface area contributed by atoms with Crippen LogP contribution in [0.5, 0.6) is 0 Å². The first kappa shape index (κ1) is 15.5. The van der Waals surface area contributed by atoms with Crippen molar-refractivity contribution in [3.05, 3.63) is 0 Å². The molecule has 5 N–H and O–H groups in total. The van der Waals surface area contributed by atoms with Crippen LogP contribution in [-0.4, -0.2) is 23.8 Å². The molecule has 1 fully saturated rings. The summed E-state index contributed by atoms with van der Waals surface area (Å²) < 4.78 is 0. The van der Waals surface area contributed by atoms with Crippen LogP contribution in [-0.2, 0) is 14.4 Å². The van der Waals surface area contributed by atoms with Crippen molar-refractivity contribution in [1.29, 1.82) is 0 Å². The van der Waals surface area contributed by atoms with Crippen molar-refractivity contribution in [2.75, 3.05) is 0 Å². The Labute approximate surface area is 113 Å². The summed E-state index contributed by atoms with van der Waals surface area (Å²) >= 11 is 0. The van der Waals surface area contributed by atoms with Gasteiger partial charge in [-0.2, -0.15) is 0 Å². The molecule has 1 rings (SSSR count). The predicted octanol–water partition coefficient (Wildman–Crippen LogP) is 0.0483. The third-order valence-corrected chi connectivity index (χ3v) is 3.84. The zero-order valence-corrected chi connectivity index (χ0v) is 11.4. The molecule has 108 valence electrons. The first-order chi connectivity index (χ1) is 8.91. The standard InChI is InChI=1S/C13H23N3O3/c1-8(9-5-3-2-4-6-9)7-10(17)16-11(12(14)18)13(15)19/h8-9,11H,2-7H2,1H3,(H2,14,18)(H2,15,19)(H,16,17)/t8-/m0/s1. The van der Waals surface area contributed by atoms with Gasteiger partial charge in [0.25, 0.3) is 0 Å². The van der Waals surface area contributed by atoms with Crippen LogP contribution in [0.15, 0.2) is 0 Å². The van der Waals surface area contributed by atoms with Crippen molar-refractivity contribution in [1.82, 2.24) is 5.32 Å². The topological polar surface area (TPSA) is 115 Å². The number of carbonyl (C=O) groups is 3. The minimum absolute atomic E-state index is 0.238. The van der Waals surface area contributed by atoms with Gasteiger partial charge in [-0.3, -0.25) is 14.4 Å². The highest BCUT2D eigenvalue weighted by Gasteiger charge is 2.26. The first-order valence-corrected chi connectivity index (χ1v) is 6.79. The lowest BCUT2D eigenvalue weighted by molar-refractivity contribution is -0.134. The van der Waals surface area contributed by atoms with Crippen LogP contribution in [0.3, 0.4) is 0 Å². The van der Waals surface area contributed by atoms with Crippen LogP contribution in [0.1, 0.15) is 45.4 Å². The summed E-state index contributed by atoms with van der Waals surface area (Å²) in [6.07, 6.45) is 6.26. The van der Waals surface area contributed by atoms with Crippen molar-refractivity contribution >= 4 is 17.7 Å². The number of primary amides is 2. The molecule has 3 amide bonds. The molecule has 1 aliphatic carbocycles. The van der Waals surface area contributed by atoms with Gasteiger partial charge >= 0.3 is 0 Å². The average molecular weight is 269 g/mol. The van der Waals surface area contributed by atoms with Crippen LogP contribution >= 0.6 is 0 Å². The summed E-state index contributed by atoms with van der Waals surface area (Å²) in [5.41, 5.74) is 10.0. The van der Waals surface area contributed by atoms with Gasteiger partial charge in [0.15, 0.2) is 6.04 Å². The molecule has 0 saturated heterocycles. The number of amides is 3. The second kappa shape index (κ2) is 7.11. The molecule has 1 aliphatic rings. The molecule has 0 radical (unpaired) electrons. The molecular formula is C13H23N3O3. The Hall–Kier alpha value is -1.59. The highest BCUT2D eigenvalue weighted by molar-refractivity contribution is 6.05. The van der Waals surface area contributed by atoms with Gasteiger partial charge in [0, 0.05) is 6.42 Å².